The second-order valence-electron chi connectivity index (χ2n) is 3.93. The average Bonchev–Trinajstić information content (AvgIpc) is 2.30. The van der Waals surface area contributed by atoms with Crippen molar-refractivity contribution in [1.29, 1.82) is 0 Å². The van der Waals surface area contributed by atoms with Gasteiger partial charge < -0.3 is 15.2 Å². The third-order valence-electron chi connectivity index (χ3n) is 2.79. The van der Waals surface area contributed by atoms with Gasteiger partial charge in [-0.25, -0.2) is 0 Å². The Morgan fingerprint density at radius 3 is 2.81 bits per heavy atom. The van der Waals surface area contributed by atoms with Crippen molar-refractivity contribution in [2.24, 2.45) is 0 Å². The number of hydrogen-bond acceptors (Lipinski definition) is 3. The Balaban J connectivity index is 1.93. The summed E-state index contributed by atoms with van der Waals surface area (Å²) in [4.78, 5) is 0. The van der Waals surface area contributed by atoms with Gasteiger partial charge in [0.2, 0.25) is 0 Å². The fourth-order valence-corrected chi connectivity index (χ4v) is 2.01. The van der Waals surface area contributed by atoms with Crippen molar-refractivity contribution in [3.63, 3.8) is 0 Å². The number of nitrogen functional groups attached to an aromatic ring is 1. The third kappa shape index (κ3) is 2.88. The lowest BCUT2D eigenvalue weighted by Crippen LogP contribution is -2.23. The van der Waals surface area contributed by atoms with Gasteiger partial charge in [0.05, 0.1) is 12.7 Å². The summed E-state index contributed by atoms with van der Waals surface area (Å²) in [5, 5.41) is 0.673. The van der Waals surface area contributed by atoms with Crippen LogP contribution in [0.25, 0.3) is 0 Å². The standard InChI is InChI=1S/C12H16ClNO2/c13-11-2-1-3-12(14)10(11)8-16-9-4-6-15-7-5-9/h1-3,9H,4-8,14H2. The van der Waals surface area contributed by atoms with E-state index in [0.717, 1.165) is 31.6 Å². The minimum atomic E-state index is 0.268. The molecule has 0 spiro atoms. The zero-order valence-electron chi connectivity index (χ0n) is 9.12. The maximum Gasteiger partial charge on any atom is 0.0755 e. The SMILES string of the molecule is Nc1cccc(Cl)c1COC1CCOCC1. The van der Waals surface area contributed by atoms with Crippen LogP contribution in [0, 0.1) is 0 Å². The van der Waals surface area contributed by atoms with Crippen molar-refractivity contribution >= 4 is 17.3 Å². The van der Waals surface area contributed by atoms with Crippen LogP contribution in [0.1, 0.15) is 18.4 Å². The molecule has 2 N–H and O–H groups in total. The number of rotatable bonds is 3. The average molecular weight is 242 g/mol. The van der Waals surface area contributed by atoms with Gasteiger partial charge in [0, 0.05) is 29.5 Å². The van der Waals surface area contributed by atoms with Crippen molar-refractivity contribution in [2.75, 3.05) is 18.9 Å². The fourth-order valence-electron chi connectivity index (χ4n) is 1.77. The quantitative estimate of drug-likeness (QED) is 0.828. The summed E-state index contributed by atoms with van der Waals surface area (Å²) in [5.41, 5.74) is 7.43. The molecule has 2 rings (SSSR count). The maximum absolute atomic E-state index is 6.06. The van der Waals surface area contributed by atoms with Gasteiger partial charge in [-0.1, -0.05) is 17.7 Å². The lowest BCUT2D eigenvalue weighted by atomic mass is 10.1. The summed E-state index contributed by atoms with van der Waals surface area (Å²) in [6, 6.07) is 5.52. The molecule has 1 aliphatic heterocycles. The van der Waals surface area contributed by atoms with Crippen molar-refractivity contribution in [3.8, 4) is 0 Å². The fraction of sp³-hybridized carbons (Fsp3) is 0.500. The van der Waals surface area contributed by atoms with Crippen LogP contribution >= 0.6 is 11.6 Å². The Morgan fingerprint density at radius 2 is 2.12 bits per heavy atom. The van der Waals surface area contributed by atoms with Gasteiger partial charge in [0.1, 0.15) is 0 Å². The van der Waals surface area contributed by atoms with Crippen LogP contribution in [0.4, 0.5) is 5.69 Å². The van der Waals surface area contributed by atoms with Gasteiger partial charge >= 0.3 is 0 Å². The second-order valence-corrected chi connectivity index (χ2v) is 4.34. The molecule has 0 unspecified atom stereocenters. The first-order valence-electron chi connectivity index (χ1n) is 5.49. The molecule has 1 saturated heterocycles. The van der Waals surface area contributed by atoms with Crippen LogP contribution in [0.15, 0.2) is 18.2 Å². The second kappa shape index (κ2) is 5.53. The first kappa shape index (κ1) is 11.7. The Kier molecular flexibility index (Phi) is 4.04. The van der Waals surface area contributed by atoms with E-state index in [4.69, 9.17) is 26.8 Å². The van der Waals surface area contributed by atoms with Gasteiger partial charge in [0.25, 0.3) is 0 Å². The molecule has 1 fully saturated rings. The zero-order valence-corrected chi connectivity index (χ0v) is 9.87. The summed E-state index contributed by atoms with van der Waals surface area (Å²) in [7, 11) is 0. The maximum atomic E-state index is 6.06. The first-order valence-corrected chi connectivity index (χ1v) is 5.87. The van der Waals surface area contributed by atoms with E-state index >= 15 is 0 Å². The molecule has 0 bridgehead atoms. The monoisotopic (exact) mass is 241 g/mol. The van der Waals surface area contributed by atoms with Crippen LogP contribution in [0.5, 0.6) is 0 Å². The van der Waals surface area contributed by atoms with E-state index in [1.54, 1.807) is 0 Å². The minimum absolute atomic E-state index is 0.268. The van der Waals surface area contributed by atoms with Crippen LogP contribution in [-0.2, 0) is 16.1 Å². The first-order chi connectivity index (χ1) is 7.77. The molecule has 0 aromatic heterocycles. The Bertz CT molecular complexity index is 331. The molecule has 0 aliphatic carbocycles. The topological polar surface area (TPSA) is 44.5 Å². The van der Waals surface area contributed by atoms with Crippen molar-refractivity contribution < 1.29 is 9.47 Å². The lowest BCUT2D eigenvalue weighted by molar-refractivity contribution is -0.0388. The molecule has 0 amide bonds. The number of ether oxygens (including phenoxy) is 2. The summed E-state index contributed by atoms with van der Waals surface area (Å²) in [6.45, 7) is 2.04. The number of anilines is 1. The summed E-state index contributed by atoms with van der Waals surface area (Å²) >= 11 is 6.06. The molecular formula is C12H16ClNO2. The molecule has 1 aromatic carbocycles. The van der Waals surface area contributed by atoms with Crippen LogP contribution in [0.2, 0.25) is 5.02 Å². The molecular weight excluding hydrogens is 226 g/mol. The molecule has 1 aromatic rings. The molecule has 88 valence electrons. The van der Waals surface area contributed by atoms with Gasteiger partial charge in [-0.05, 0) is 25.0 Å². The highest BCUT2D eigenvalue weighted by Gasteiger charge is 2.15. The zero-order chi connectivity index (χ0) is 11.4. The molecule has 1 aliphatic rings. The molecule has 4 heteroatoms. The minimum Gasteiger partial charge on any atom is -0.398 e. The predicted octanol–water partition coefficient (Wildman–Crippen LogP) is 2.62. The van der Waals surface area contributed by atoms with E-state index < -0.39 is 0 Å². The molecule has 0 saturated carbocycles. The van der Waals surface area contributed by atoms with E-state index in [-0.39, 0.29) is 6.10 Å². The molecule has 16 heavy (non-hydrogen) atoms. The summed E-state index contributed by atoms with van der Waals surface area (Å²) in [5.74, 6) is 0. The predicted molar refractivity (Wildman–Crippen MR) is 64.5 cm³/mol. The van der Waals surface area contributed by atoms with E-state index in [9.17, 15) is 0 Å². The highest BCUT2D eigenvalue weighted by atomic mass is 35.5. The number of benzene rings is 1. The van der Waals surface area contributed by atoms with Crippen LogP contribution in [0.3, 0.4) is 0 Å². The summed E-state index contributed by atoms with van der Waals surface area (Å²) < 4.78 is 11.1. The Labute approximate surface area is 100 Å². The Hall–Kier alpha value is -0.770. The van der Waals surface area contributed by atoms with E-state index in [2.05, 4.69) is 0 Å². The van der Waals surface area contributed by atoms with Crippen molar-refractivity contribution in [2.45, 2.75) is 25.6 Å². The molecule has 0 atom stereocenters. The largest absolute Gasteiger partial charge is 0.398 e. The smallest absolute Gasteiger partial charge is 0.0755 e. The van der Waals surface area contributed by atoms with Crippen molar-refractivity contribution in [3.05, 3.63) is 28.8 Å². The van der Waals surface area contributed by atoms with Crippen molar-refractivity contribution in [1.82, 2.24) is 0 Å². The number of halogens is 1. The lowest BCUT2D eigenvalue weighted by Gasteiger charge is -2.22. The van der Waals surface area contributed by atoms with Gasteiger partial charge in [-0.15, -0.1) is 0 Å². The third-order valence-corrected chi connectivity index (χ3v) is 3.14. The highest BCUT2D eigenvalue weighted by Crippen LogP contribution is 2.24. The number of nitrogens with two attached hydrogens (primary N) is 1. The van der Waals surface area contributed by atoms with E-state index in [1.807, 2.05) is 18.2 Å². The summed E-state index contributed by atoms with van der Waals surface area (Å²) in [6.07, 6.45) is 2.17. The normalized spacial score (nSPS) is 17.6. The van der Waals surface area contributed by atoms with E-state index in [1.165, 1.54) is 0 Å². The van der Waals surface area contributed by atoms with E-state index in [0.29, 0.717) is 17.3 Å². The van der Waals surface area contributed by atoms with Gasteiger partial charge in [-0.2, -0.15) is 0 Å². The van der Waals surface area contributed by atoms with Gasteiger partial charge in [0.15, 0.2) is 0 Å². The highest BCUT2D eigenvalue weighted by molar-refractivity contribution is 6.31. The van der Waals surface area contributed by atoms with Gasteiger partial charge in [-0.3, -0.25) is 0 Å². The Morgan fingerprint density at radius 1 is 1.38 bits per heavy atom. The molecule has 1 heterocycles. The number of hydrogen-bond donors (Lipinski definition) is 1. The van der Waals surface area contributed by atoms with Crippen LogP contribution < -0.4 is 5.73 Å². The molecule has 3 nitrogen and oxygen atoms in total. The molecule has 0 radical (unpaired) electrons. The van der Waals surface area contributed by atoms with Crippen LogP contribution in [-0.4, -0.2) is 19.3 Å².